The van der Waals surface area contributed by atoms with Gasteiger partial charge in [-0.1, -0.05) is 297 Å². The van der Waals surface area contributed by atoms with Gasteiger partial charge in [0.2, 0.25) is 0 Å². The Labute approximate surface area is 575 Å². The number of nitrogens with zero attached hydrogens (tertiary/aromatic N) is 7. The van der Waals surface area contributed by atoms with Gasteiger partial charge in [-0.05, 0) is 72.4 Å². The molecule has 93 heavy (non-hydrogen) atoms. The molecule has 7 rings (SSSR count). The van der Waals surface area contributed by atoms with Crippen molar-refractivity contribution >= 4 is 11.3 Å². The van der Waals surface area contributed by atoms with Gasteiger partial charge < -0.3 is 9.40 Å². The first kappa shape index (κ1) is 85.8. The molecule has 0 fully saturated rings. The van der Waals surface area contributed by atoms with Gasteiger partial charge in [-0.3, -0.25) is 20.2 Å². The van der Waals surface area contributed by atoms with Crippen molar-refractivity contribution in [3.05, 3.63) is 146 Å². The van der Waals surface area contributed by atoms with Crippen molar-refractivity contribution in [2.24, 2.45) is 0 Å². The highest BCUT2D eigenvalue weighted by Gasteiger charge is 2.33. The normalized spacial score (nSPS) is 13.3. The van der Waals surface area contributed by atoms with Crippen LogP contribution in [0.25, 0.3) is 0 Å². The number of hydrogen-bond acceptors (Lipinski definition) is 9. The summed E-state index contributed by atoms with van der Waals surface area (Å²) < 4.78 is 5.44. The fraction of sp³-hybridized carbons (Fsp3) is 0.691. The molecule has 7 aromatic rings. The van der Waals surface area contributed by atoms with Crippen LogP contribution in [0.3, 0.4) is 0 Å². The van der Waals surface area contributed by atoms with Crippen molar-refractivity contribution in [2.75, 3.05) is 0 Å². The molecule has 0 saturated heterocycles. The van der Waals surface area contributed by atoms with E-state index in [1.165, 1.54) is 66.9 Å². The van der Waals surface area contributed by atoms with Gasteiger partial charge in [-0.15, -0.1) is 11.3 Å². The zero-order chi connectivity index (χ0) is 73.3. The third kappa shape index (κ3) is 27.4. The van der Waals surface area contributed by atoms with E-state index >= 15 is 0 Å². The topological polar surface area (TPSA) is 151 Å². The molecule has 12 heteroatoms. The molecule has 0 aliphatic rings. The van der Waals surface area contributed by atoms with Crippen molar-refractivity contribution in [2.45, 2.75) is 367 Å². The molecular formula is C81H140N10OS. The molecule has 7 heterocycles. The van der Waals surface area contributed by atoms with E-state index in [1.807, 2.05) is 42.6 Å². The van der Waals surface area contributed by atoms with E-state index < -0.39 is 0 Å². The Balaban J connectivity index is 0.000000543. The van der Waals surface area contributed by atoms with Crippen LogP contribution in [-0.4, -0.2) is 50.3 Å². The Kier molecular flexibility index (Phi) is 28.5. The molecule has 0 unspecified atom stereocenters. The molecule has 526 valence electrons. The Morgan fingerprint density at radius 3 is 0.989 bits per heavy atom. The minimum Gasteiger partial charge on any atom is -0.448 e. The molecule has 3 N–H and O–H groups in total. The number of nitrogens with one attached hydrogen (secondary N) is 3. The summed E-state index contributed by atoms with van der Waals surface area (Å²) in [7, 11) is 0. The van der Waals surface area contributed by atoms with Crippen LogP contribution in [0, 0.1) is 0 Å². The molecule has 0 spiro atoms. The van der Waals surface area contributed by atoms with E-state index in [4.69, 9.17) is 4.42 Å². The second kappa shape index (κ2) is 30.9. The van der Waals surface area contributed by atoms with Gasteiger partial charge in [0.15, 0.2) is 6.39 Å². The van der Waals surface area contributed by atoms with Crippen LogP contribution >= 0.6 is 11.3 Å². The van der Waals surface area contributed by atoms with E-state index in [0.29, 0.717) is 0 Å². The molecule has 0 amide bonds. The standard InChI is InChI=1S/2C13H21N.3C11H20N2.C11H19NO.C11H19NS/c1-12(2,3)10-7-8-14-9-11(10)13(4,5)6;1-12(2,3)10-8-7-9-14-11(10)13(4,5)6;1-10(2,3)8-9(11(4,5)6)13-7-12-8;2*1-10(2,3)8-7-12-13-9(8)11(4,5)6;2*1-10(2,3)8-9(11(4,5)6)13-7-12-8/h2*7-9H,1-6H3;3*7H,1-6H3,(H,12,13);2*7H,1-6H3. The van der Waals surface area contributed by atoms with Crippen LogP contribution in [0.5, 0.6) is 0 Å². The van der Waals surface area contributed by atoms with Gasteiger partial charge in [0.25, 0.3) is 0 Å². The summed E-state index contributed by atoms with van der Waals surface area (Å²) in [6.07, 6.45) is 13.0. The first-order chi connectivity index (χ1) is 41.1. The van der Waals surface area contributed by atoms with Crippen molar-refractivity contribution in [3.8, 4) is 0 Å². The minimum absolute atomic E-state index is 0.0408. The number of aromatic amines is 3. The second-order valence-corrected chi connectivity index (χ2v) is 40.7. The van der Waals surface area contributed by atoms with Gasteiger partial charge in [0, 0.05) is 89.6 Å². The number of imidazole rings is 1. The lowest BCUT2D eigenvalue weighted by atomic mass is 9.76. The average molecular weight is 1300 g/mol. The third-order valence-corrected chi connectivity index (χ3v) is 16.4. The molecule has 0 bridgehead atoms. The molecule has 7 aromatic heterocycles. The molecular weight excluding hydrogens is 1160 g/mol. The van der Waals surface area contributed by atoms with Crippen LogP contribution in [0.2, 0.25) is 0 Å². The fourth-order valence-electron chi connectivity index (χ4n) is 10.2. The van der Waals surface area contributed by atoms with Gasteiger partial charge in [-0.25, -0.2) is 15.0 Å². The number of oxazole rings is 1. The van der Waals surface area contributed by atoms with Gasteiger partial charge >= 0.3 is 0 Å². The summed E-state index contributed by atoms with van der Waals surface area (Å²) in [6.45, 7) is 92.8. The average Bonchev–Trinajstić information content (AvgIpc) is 1.40. The fourth-order valence-corrected chi connectivity index (χ4v) is 11.3. The molecule has 11 nitrogen and oxygen atoms in total. The molecule has 0 atom stereocenters. The maximum Gasteiger partial charge on any atom is 0.181 e. The number of aromatic nitrogens is 10. The number of pyridine rings is 2. The monoisotopic (exact) mass is 1300 g/mol. The number of thiazole rings is 1. The highest BCUT2D eigenvalue weighted by Crippen LogP contribution is 2.39. The lowest BCUT2D eigenvalue weighted by Crippen LogP contribution is -2.23. The van der Waals surface area contributed by atoms with Crippen LogP contribution in [0.4, 0.5) is 0 Å². The van der Waals surface area contributed by atoms with E-state index in [9.17, 15) is 0 Å². The van der Waals surface area contributed by atoms with E-state index in [-0.39, 0.29) is 75.8 Å². The van der Waals surface area contributed by atoms with Crippen LogP contribution in [0.15, 0.2) is 71.8 Å². The molecule has 0 aromatic carbocycles. The third-order valence-electron chi connectivity index (χ3n) is 15.2. The maximum atomic E-state index is 5.44. The summed E-state index contributed by atoms with van der Waals surface area (Å²) in [4.78, 5) is 26.6. The lowest BCUT2D eigenvalue weighted by molar-refractivity contribution is 0.392. The highest BCUT2D eigenvalue weighted by atomic mass is 32.1. The van der Waals surface area contributed by atoms with Crippen molar-refractivity contribution in [1.82, 2.24) is 50.3 Å². The van der Waals surface area contributed by atoms with Gasteiger partial charge in [0.1, 0.15) is 5.76 Å². The Bertz CT molecular complexity index is 2670. The van der Waals surface area contributed by atoms with E-state index in [2.05, 4.69) is 353 Å². The largest absolute Gasteiger partial charge is 0.448 e. The summed E-state index contributed by atoms with van der Waals surface area (Å²) in [5, 5.41) is 14.5. The zero-order valence-corrected chi connectivity index (χ0v) is 68.6. The molecule has 0 saturated carbocycles. The van der Waals surface area contributed by atoms with E-state index in [0.717, 1.165) is 11.5 Å². The van der Waals surface area contributed by atoms with Gasteiger partial charge in [-0.2, -0.15) is 10.2 Å². The first-order valence-corrected chi connectivity index (χ1v) is 34.9. The number of H-pyrrole nitrogens is 3. The molecule has 0 radical (unpaired) electrons. The summed E-state index contributed by atoms with van der Waals surface area (Å²) in [6, 6.07) is 6.35. The Morgan fingerprint density at radius 2 is 0.710 bits per heavy atom. The highest BCUT2D eigenvalue weighted by molar-refractivity contribution is 7.10. The Morgan fingerprint density at radius 1 is 0.312 bits per heavy atom. The second-order valence-electron chi connectivity index (χ2n) is 39.8. The van der Waals surface area contributed by atoms with E-state index in [1.54, 1.807) is 24.1 Å². The van der Waals surface area contributed by atoms with Crippen molar-refractivity contribution in [1.29, 1.82) is 0 Å². The summed E-state index contributed by atoms with van der Waals surface area (Å²) in [5.74, 6) is 1.00. The molecule has 0 aliphatic carbocycles. The lowest BCUT2D eigenvalue weighted by Gasteiger charge is -2.29. The Hall–Kier alpha value is -5.23. The first-order valence-electron chi connectivity index (χ1n) is 34.0. The van der Waals surface area contributed by atoms with Crippen molar-refractivity contribution < 1.29 is 4.42 Å². The maximum absolute atomic E-state index is 5.44. The quantitative estimate of drug-likeness (QED) is 0.136. The van der Waals surface area contributed by atoms with Crippen LogP contribution in [-0.2, 0) is 75.8 Å². The minimum atomic E-state index is 0.0408. The number of hydrogen-bond donors (Lipinski definition) is 3. The SMILES string of the molecule is CC(C)(C)c1cccnc1C(C)(C)C.CC(C)(C)c1ccncc1C(C)(C)C.CC(C)(C)c1cn[nH]c1C(C)(C)C.CC(C)(C)c1cn[nH]c1C(C)(C)C.CC(C)(C)c1nc[nH]c1C(C)(C)C.CC(C)(C)c1ncoc1C(C)(C)C.CC(C)(C)c1ncsc1C(C)(C)C. The zero-order valence-electron chi connectivity index (χ0n) is 67.8. The smallest absolute Gasteiger partial charge is 0.181 e. The summed E-state index contributed by atoms with van der Waals surface area (Å²) >= 11 is 1.77. The van der Waals surface area contributed by atoms with Gasteiger partial charge in [0.05, 0.1) is 41.3 Å². The molecule has 0 aliphatic heterocycles. The van der Waals surface area contributed by atoms with Crippen LogP contribution in [0.1, 0.15) is 369 Å². The predicted molar refractivity (Wildman–Crippen MR) is 405 cm³/mol. The van der Waals surface area contributed by atoms with Crippen molar-refractivity contribution in [3.63, 3.8) is 0 Å². The number of rotatable bonds is 0. The van der Waals surface area contributed by atoms with Crippen LogP contribution < -0.4 is 0 Å². The predicted octanol–water partition coefficient (Wildman–Crippen LogP) is 23.4. The summed E-state index contributed by atoms with van der Waals surface area (Å²) in [5.41, 5.74) is 19.3.